The van der Waals surface area contributed by atoms with Crippen molar-refractivity contribution in [2.75, 3.05) is 34.5 Å². The lowest BCUT2D eigenvalue weighted by Gasteiger charge is -2.12. The normalized spacial score (nSPS) is 10.0. The third-order valence-corrected chi connectivity index (χ3v) is 2.88. The average Bonchev–Trinajstić information content (AvgIpc) is 2.37. The predicted octanol–water partition coefficient (Wildman–Crippen LogP) is 1.84. The first kappa shape index (κ1) is 14.8. The van der Waals surface area contributed by atoms with Gasteiger partial charge < -0.3 is 19.5 Å². The van der Waals surface area contributed by atoms with Crippen molar-refractivity contribution in [3.63, 3.8) is 0 Å². The first-order valence-corrected chi connectivity index (χ1v) is 6.12. The summed E-state index contributed by atoms with van der Waals surface area (Å²) in [6.45, 7) is 0.932. The van der Waals surface area contributed by atoms with Gasteiger partial charge in [0.15, 0.2) is 11.5 Å². The summed E-state index contributed by atoms with van der Waals surface area (Å²) < 4.78 is 15.9. The maximum absolute atomic E-state index is 11.9. The summed E-state index contributed by atoms with van der Waals surface area (Å²) >= 11 is 3.34. The molecule has 0 unspecified atom stereocenters. The Labute approximate surface area is 115 Å². The summed E-state index contributed by atoms with van der Waals surface area (Å²) in [5, 5.41) is 2.73. The highest BCUT2D eigenvalue weighted by molar-refractivity contribution is 9.10. The number of carbonyl (C=O) groups excluding carboxylic acids is 1. The van der Waals surface area contributed by atoms with Crippen LogP contribution in [0.3, 0.4) is 0 Å². The van der Waals surface area contributed by atoms with E-state index in [1.165, 1.54) is 7.11 Å². The van der Waals surface area contributed by atoms with Crippen molar-refractivity contribution in [2.45, 2.75) is 0 Å². The summed E-state index contributed by atoms with van der Waals surface area (Å²) in [5.74, 6) is 0.878. The van der Waals surface area contributed by atoms with Gasteiger partial charge in [-0.25, -0.2) is 0 Å². The lowest BCUT2D eigenvalue weighted by molar-refractivity contribution is 0.0936. The van der Waals surface area contributed by atoms with Crippen molar-refractivity contribution in [1.82, 2.24) is 5.32 Å². The summed E-state index contributed by atoms with van der Waals surface area (Å²) in [6, 6.07) is 3.31. The Hall–Kier alpha value is -1.27. The van der Waals surface area contributed by atoms with Crippen LogP contribution >= 0.6 is 15.9 Å². The van der Waals surface area contributed by atoms with E-state index in [1.54, 1.807) is 26.4 Å². The van der Waals surface area contributed by atoms with Gasteiger partial charge in [0, 0.05) is 19.2 Å². The van der Waals surface area contributed by atoms with E-state index < -0.39 is 0 Å². The molecule has 100 valence electrons. The quantitative estimate of drug-likeness (QED) is 0.813. The third kappa shape index (κ3) is 3.61. The van der Waals surface area contributed by atoms with Gasteiger partial charge in [0.25, 0.3) is 5.91 Å². The topological polar surface area (TPSA) is 56.8 Å². The number of amides is 1. The van der Waals surface area contributed by atoms with Crippen LogP contribution in [0, 0.1) is 0 Å². The molecule has 0 bridgehead atoms. The number of ether oxygens (including phenoxy) is 3. The number of nitrogens with one attached hydrogen (secondary N) is 1. The van der Waals surface area contributed by atoms with Crippen molar-refractivity contribution in [2.24, 2.45) is 0 Å². The molecule has 0 aliphatic rings. The second-order valence-electron chi connectivity index (χ2n) is 3.44. The Morgan fingerprint density at radius 2 is 2.00 bits per heavy atom. The fourth-order valence-corrected chi connectivity index (χ4v) is 2.02. The van der Waals surface area contributed by atoms with Gasteiger partial charge >= 0.3 is 0 Å². The van der Waals surface area contributed by atoms with Gasteiger partial charge in [-0.3, -0.25) is 4.79 Å². The Balaban J connectivity index is 2.90. The second kappa shape index (κ2) is 7.23. The van der Waals surface area contributed by atoms with Crippen LogP contribution in [0.4, 0.5) is 0 Å². The van der Waals surface area contributed by atoms with Crippen LogP contribution in [0.2, 0.25) is 0 Å². The summed E-state index contributed by atoms with van der Waals surface area (Å²) in [7, 11) is 4.65. The van der Waals surface area contributed by atoms with E-state index in [4.69, 9.17) is 14.2 Å². The molecule has 0 aliphatic carbocycles. The molecule has 0 saturated carbocycles. The van der Waals surface area contributed by atoms with E-state index in [0.717, 1.165) is 0 Å². The molecule has 1 aromatic carbocycles. The van der Waals surface area contributed by atoms with Gasteiger partial charge in [0.05, 0.1) is 25.3 Å². The zero-order valence-electron chi connectivity index (χ0n) is 10.6. The Bertz CT molecular complexity index is 423. The maximum Gasteiger partial charge on any atom is 0.251 e. The van der Waals surface area contributed by atoms with Gasteiger partial charge in [0.2, 0.25) is 0 Å². The minimum Gasteiger partial charge on any atom is -0.493 e. The van der Waals surface area contributed by atoms with E-state index >= 15 is 0 Å². The minimum absolute atomic E-state index is 0.186. The van der Waals surface area contributed by atoms with Crippen LogP contribution in [0.25, 0.3) is 0 Å². The molecule has 1 aromatic rings. The fraction of sp³-hybridized carbons (Fsp3) is 0.417. The molecule has 1 amide bonds. The highest BCUT2D eigenvalue weighted by atomic mass is 79.9. The van der Waals surface area contributed by atoms with Gasteiger partial charge in [-0.2, -0.15) is 0 Å². The molecule has 0 spiro atoms. The summed E-state index contributed by atoms with van der Waals surface area (Å²) in [4.78, 5) is 11.9. The molecule has 18 heavy (non-hydrogen) atoms. The van der Waals surface area contributed by atoms with Crippen LogP contribution in [0.15, 0.2) is 16.6 Å². The monoisotopic (exact) mass is 317 g/mol. The standard InChI is InChI=1S/C12H16BrNO4/c1-16-5-4-14-12(15)8-6-9(13)11(18-3)10(7-8)17-2/h6-7H,4-5H2,1-3H3,(H,14,15). The number of hydrogen-bond acceptors (Lipinski definition) is 4. The fourth-order valence-electron chi connectivity index (χ4n) is 1.42. The average molecular weight is 318 g/mol. The Morgan fingerprint density at radius 3 is 2.56 bits per heavy atom. The molecule has 1 rings (SSSR count). The zero-order valence-corrected chi connectivity index (χ0v) is 12.2. The maximum atomic E-state index is 11.9. The summed E-state index contributed by atoms with van der Waals surface area (Å²) in [6.07, 6.45) is 0. The molecule has 1 N–H and O–H groups in total. The highest BCUT2D eigenvalue weighted by Gasteiger charge is 2.14. The lowest BCUT2D eigenvalue weighted by Crippen LogP contribution is -2.26. The molecule has 0 heterocycles. The smallest absolute Gasteiger partial charge is 0.251 e. The molecule has 0 saturated heterocycles. The van der Waals surface area contributed by atoms with E-state index in [2.05, 4.69) is 21.2 Å². The summed E-state index contributed by atoms with van der Waals surface area (Å²) in [5.41, 5.74) is 0.496. The molecule has 0 radical (unpaired) electrons. The molecule has 0 atom stereocenters. The molecule has 6 heteroatoms. The molecular weight excluding hydrogens is 302 g/mol. The van der Waals surface area contributed by atoms with Crippen molar-refractivity contribution in [3.8, 4) is 11.5 Å². The number of rotatable bonds is 6. The first-order chi connectivity index (χ1) is 8.63. The Kier molecular flexibility index (Phi) is 5.94. The number of hydrogen-bond donors (Lipinski definition) is 1. The van der Waals surface area contributed by atoms with Gasteiger partial charge in [0.1, 0.15) is 0 Å². The van der Waals surface area contributed by atoms with Crippen molar-refractivity contribution >= 4 is 21.8 Å². The molecule has 0 aliphatic heterocycles. The van der Waals surface area contributed by atoms with Crippen LogP contribution in [-0.2, 0) is 4.74 Å². The van der Waals surface area contributed by atoms with Crippen LogP contribution in [-0.4, -0.2) is 40.4 Å². The largest absolute Gasteiger partial charge is 0.493 e. The molecule has 5 nitrogen and oxygen atoms in total. The SMILES string of the molecule is COCCNC(=O)c1cc(Br)c(OC)c(OC)c1. The van der Waals surface area contributed by atoms with E-state index in [-0.39, 0.29) is 5.91 Å². The van der Waals surface area contributed by atoms with E-state index in [9.17, 15) is 4.79 Å². The number of methoxy groups -OCH3 is 3. The molecule has 0 aromatic heterocycles. The van der Waals surface area contributed by atoms with Crippen molar-refractivity contribution < 1.29 is 19.0 Å². The molecule has 0 fully saturated rings. The van der Waals surface area contributed by atoms with E-state index in [1.807, 2.05) is 0 Å². The highest BCUT2D eigenvalue weighted by Crippen LogP contribution is 2.36. The predicted molar refractivity (Wildman–Crippen MR) is 71.5 cm³/mol. The van der Waals surface area contributed by atoms with Gasteiger partial charge in [-0.15, -0.1) is 0 Å². The minimum atomic E-state index is -0.186. The Morgan fingerprint density at radius 1 is 1.28 bits per heavy atom. The third-order valence-electron chi connectivity index (χ3n) is 2.29. The van der Waals surface area contributed by atoms with Gasteiger partial charge in [-0.05, 0) is 28.1 Å². The van der Waals surface area contributed by atoms with Crippen molar-refractivity contribution in [1.29, 1.82) is 0 Å². The zero-order chi connectivity index (χ0) is 13.5. The van der Waals surface area contributed by atoms with E-state index in [0.29, 0.717) is 34.7 Å². The lowest BCUT2D eigenvalue weighted by atomic mass is 10.2. The van der Waals surface area contributed by atoms with Crippen molar-refractivity contribution in [3.05, 3.63) is 22.2 Å². The van der Waals surface area contributed by atoms with Gasteiger partial charge in [-0.1, -0.05) is 0 Å². The second-order valence-corrected chi connectivity index (χ2v) is 4.30. The molecular formula is C12H16BrNO4. The number of benzene rings is 1. The number of carbonyl (C=O) groups is 1. The number of halogens is 1. The van der Waals surface area contributed by atoms with Crippen LogP contribution in [0.1, 0.15) is 10.4 Å². The van der Waals surface area contributed by atoms with Crippen LogP contribution in [0.5, 0.6) is 11.5 Å². The van der Waals surface area contributed by atoms with Crippen LogP contribution < -0.4 is 14.8 Å². The first-order valence-electron chi connectivity index (χ1n) is 5.32.